The fourth-order valence-corrected chi connectivity index (χ4v) is 2.21. The van der Waals surface area contributed by atoms with E-state index in [1.54, 1.807) is 18.2 Å². The third kappa shape index (κ3) is 3.81. The molecule has 104 valence electrons. The van der Waals surface area contributed by atoms with Gasteiger partial charge >= 0.3 is 0 Å². The lowest BCUT2D eigenvalue weighted by Crippen LogP contribution is -2.20. The molecule has 2 aromatic carbocycles. The Hall–Kier alpha value is -1.88. The largest absolute Gasteiger partial charge is 0.481 e. The SMILES string of the molecule is Cc1ccc(NC(=O)COc2ccccc2F)c(Br)c1. The fourth-order valence-electron chi connectivity index (χ4n) is 1.61. The van der Waals surface area contributed by atoms with Crippen molar-refractivity contribution in [1.82, 2.24) is 0 Å². The molecule has 0 bridgehead atoms. The Morgan fingerprint density at radius 2 is 2.05 bits per heavy atom. The van der Waals surface area contributed by atoms with E-state index in [2.05, 4.69) is 21.2 Å². The minimum atomic E-state index is -0.489. The molecule has 1 N–H and O–H groups in total. The van der Waals surface area contributed by atoms with Crippen LogP contribution in [0.2, 0.25) is 0 Å². The Labute approximate surface area is 124 Å². The standard InChI is InChI=1S/C15H13BrFNO2/c1-10-6-7-13(11(16)8-10)18-15(19)9-20-14-5-3-2-4-12(14)17/h2-8H,9H2,1H3,(H,18,19). The summed E-state index contributed by atoms with van der Waals surface area (Å²) >= 11 is 3.37. The van der Waals surface area contributed by atoms with E-state index in [4.69, 9.17) is 4.74 Å². The lowest BCUT2D eigenvalue weighted by Gasteiger charge is -2.09. The average molecular weight is 338 g/mol. The summed E-state index contributed by atoms with van der Waals surface area (Å²) in [5.74, 6) is -0.778. The van der Waals surface area contributed by atoms with Crippen LogP contribution >= 0.6 is 15.9 Å². The molecule has 2 rings (SSSR count). The maximum atomic E-state index is 13.3. The van der Waals surface area contributed by atoms with E-state index in [9.17, 15) is 9.18 Å². The molecule has 0 atom stereocenters. The molecule has 0 aromatic heterocycles. The quantitative estimate of drug-likeness (QED) is 0.918. The topological polar surface area (TPSA) is 38.3 Å². The smallest absolute Gasteiger partial charge is 0.262 e. The van der Waals surface area contributed by atoms with Crippen LogP contribution in [0.15, 0.2) is 46.9 Å². The molecule has 0 fully saturated rings. The molecule has 0 heterocycles. The maximum Gasteiger partial charge on any atom is 0.262 e. The van der Waals surface area contributed by atoms with Crippen molar-refractivity contribution in [3.63, 3.8) is 0 Å². The van der Waals surface area contributed by atoms with Crippen molar-refractivity contribution in [3.05, 3.63) is 58.3 Å². The summed E-state index contributed by atoms with van der Waals surface area (Å²) in [6, 6.07) is 11.5. The number of nitrogens with one attached hydrogen (secondary N) is 1. The molecule has 20 heavy (non-hydrogen) atoms. The molecule has 3 nitrogen and oxygen atoms in total. The molecule has 0 aliphatic heterocycles. The van der Waals surface area contributed by atoms with Gasteiger partial charge in [0.05, 0.1) is 5.69 Å². The summed E-state index contributed by atoms with van der Waals surface area (Å²) in [4.78, 5) is 11.8. The molecular formula is C15H13BrFNO2. The minimum absolute atomic E-state index is 0.0608. The fraction of sp³-hybridized carbons (Fsp3) is 0.133. The molecule has 2 aromatic rings. The van der Waals surface area contributed by atoms with Crippen LogP contribution in [0.1, 0.15) is 5.56 Å². The summed E-state index contributed by atoms with van der Waals surface area (Å²) < 4.78 is 19.2. The number of hydrogen-bond acceptors (Lipinski definition) is 2. The van der Waals surface area contributed by atoms with Gasteiger partial charge < -0.3 is 10.1 Å². The van der Waals surface area contributed by atoms with Crippen molar-refractivity contribution in [2.75, 3.05) is 11.9 Å². The average Bonchev–Trinajstić information content (AvgIpc) is 2.41. The molecule has 0 saturated carbocycles. The normalized spacial score (nSPS) is 10.2. The zero-order valence-electron chi connectivity index (χ0n) is 10.8. The first-order chi connectivity index (χ1) is 9.56. The van der Waals surface area contributed by atoms with Gasteiger partial charge in [-0.3, -0.25) is 4.79 Å². The predicted molar refractivity (Wildman–Crippen MR) is 79.4 cm³/mol. The highest BCUT2D eigenvalue weighted by Crippen LogP contribution is 2.23. The van der Waals surface area contributed by atoms with Crippen LogP contribution in [0.5, 0.6) is 5.75 Å². The van der Waals surface area contributed by atoms with Gasteiger partial charge in [0, 0.05) is 4.47 Å². The van der Waals surface area contributed by atoms with Gasteiger partial charge in [0.15, 0.2) is 18.2 Å². The number of halogens is 2. The first-order valence-electron chi connectivity index (χ1n) is 5.99. The zero-order chi connectivity index (χ0) is 14.5. The molecule has 0 spiro atoms. The first kappa shape index (κ1) is 14.5. The van der Waals surface area contributed by atoms with Gasteiger partial charge in [0.25, 0.3) is 5.91 Å². The van der Waals surface area contributed by atoms with Crippen molar-refractivity contribution in [3.8, 4) is 5.75 Å². The van der Waals surface area contributed by atoms with Crippen molar-refractivity contribution >= 4 is 27.5 Å². The monoisotopic (exact) mass is 337 g/mol. The molecule has 0 aliphatic rings. The first-order valence-corrected chi connectivity index (χ1v) is 6.79. The summed E-state index contributed by atoms with van der Waals surface area (Å²) in [5.41, 5.74) is 1.73. The van der Waals surface area contributed by atoms with E-state index in [0.717, 1.165) is 10.0 Å². The Balaban J connectivity index is 1.94. The molecule has 0 aliphatic carbocycles. The van der Waals surface area contributed by atoms with Gasteiger partial charge in [0.1, 0.15) is 0 Å². The predicted octanol–water partition coefficient (Wildman–Crippen LogP) is 3.91. The Kier molecular flexibility index (Phi) is 4.74. The highest BCUT2D eigenvalue weighted by Gasteiger charge is 2.08. The van der Waals surface area contributed by atoms with E-state index in [-0.39, 0.29) is 18.3 Å². The second-order valence-corrected chi connectivity index (χ2v) is 5.10. The van der Waals surface area contributed by atoms with Crippen LogP contribution in [0.25, 0.3) is 0 Å². The van der Waals surface area contributed by atoms with E-state index >= 15 is 0 Å². The lowest BCUT2D eigenvalue weighted by molar-refractivity contribution is -0.118. The third-order valence-corrected chi connectivity index (χ3v) is 3.25. The van der Waals surface area contributed by atoms with Crippen molar-refractivity contribution in [1.29, 1.82) is 0 Å². The Morgan fingerprint density at radius 3 is 2.75 bits per heavy atom. The van der Waals surface area contributed by atoms with Crippen molar-refractivity contribution in [2.24, 2.45) is 0 Å². The summed E-state index contributed by atoms with van der Waals surface area (Å²) in [6.45, 7) is 1.71. The van der Waals surface area contributed by atoms with Crippen molar-refractivity contribution in [2.45, 2.75) is 6.92 Å². The van der Waals surface area contributed by atoms with E-state index in [1.807, 2.05) is 19.1 Å². The van der Waals surface area contributed by atoms with Crippen LogP contribution in [0.3, 0.4) is 0 Å². The number of benzene rings is 2. The number of carbonyl (C=O) groups excluding carboxylic acids is 1. The molecule has 0 saturated heterocycles. The zero-order valence-corrected chi connectivity index (χ0v) is 12.4. The van der Waals surface area contributed by atoms with Crippen LogP contribution in [0.4, 0.5) is 10.1 Å². The maximum absolute atomic E-state index is 13.3. The van der Waals surface area contributed by atoms with Crippen LogP contribution in [0, 0.1) is 12.7 Å². The van der Waals surface area contributed by atoms with Gasteiger partial charge in [-0.05, 0) is 52.7 Å². The van der Waals surface area contributed by atoms with Crippen LogP contribution in [-0.4, -0.2) is 12.5 Å². The number of para-hydroxylation sites is 1. The Morgan fingerprint density at radius 1 is 1.30 bits per heavy atom. The molecular weight excluding hydrogens is 325 g/mol. The number of carbonyl (C=O) groups is 1. The third-order valence-electron chi connectivity index (χ3n) is 2.59. The van der Waals surface area contributed by atoms with E-state index < -0.39 is 5.82 Å². The summed E-state index contributed by atoms with van der Waals surface area (Å²) in [6.07, 6.45) is 0. The van der Waals surface area contributed by atoms with E-state index in [1.165, 1.54) is 12.1 Å². The van der Waals surface area contributed by atoms with Gasteiger partial charge in [-0.25, -0.2) is 4.39 Å². The highest BCUT2D eigenvalue weighted by molar-refractivity contribution is 9.10. The molecule has 0 radical (unpaired) electrons. The number of ether oxygens (including phenoxy) is 1. The second kappa shape index (κ2) is 6.52. The second-order valence-electron chi connectivity index (χ2n) is 4.25. The van der Waals surface area contributed by atoms with Crippen LogP contribution in [-0.2, 0) is 4.79 Å². The number of anilines is 1. The Bertz CT molecular complexity index is 631. The van der Waals surface area contributed by atoms with Crippen LogP contribution < -0.4 is 10.1 Å². The number of hydrogen-bond donors (Lipinski definition) is 1. The van der Waals surface area contributed by atoms with Gasteiger partial charge in [-0.2, -0.15) is 0 Å². The van der Waals surface area contributed by atoms with E-state index in [0.29, 0.717) is 5.69 Å². The number of amides is 1. The van der Waals surface area contributed by atoms with Gasteiger partial charge in [0.2, 0.25) is 0 Å². The van der Waals surface area contributed by atoms with Crippen molar-refractivity contribution < 1.29 is 13.9 Å². The summed E-state index contributed by atoms with van der Waals surface area (Å²) in [7, 11) is 0. The summed E-state index contributed by atoms with van der Waals surface area (Å²) in [5, 5.41) is 2.69. The van der Waals surface area contributed by atoms with Gasteiger partial charge in [-0.15, -0.1) is 0 Å². The molecule has 1 amide bonds. The molecule has 0 unspecified atom stereocenters. The molecule has 5 heteroatoms. The highest BCUT2D eigenvalue weighted by atomic mass is 79.9. The lowest BCUT2D eigenvalue weighted by atomic mass is 10.2. The number of rotatable bonds is 4. The minimum Gasteiger partial charge on any atom is -0.481 e. The van der Waals surface area contributed by atoms with Gasteiger partial charge in [-0.1, -0.05) is 18.2 Å². The number of aryl methyl sites for hydroxylation is 1.